The molecular weight excluding hydrogens is 375 g/mol. The summed E-state index contributed by atoms with van der Waals surface area (Å²) in [5, 5.41) is 3.94. The molecule has 0 atom stereocenters. The number of aromatic nitrogens is 1. The zero-order valence-electron chi connectivity index (χ0n) is 11.4. The minimum absolute atomic E-state index is 0. The molecule has 1 aliphatic rings. The summed E-state index contributed by atoms with van der Waals surface area (Å²) in [5.41, 5.74) is 8.10. The zero-order chi connectivity index (χ0) is 13.0. The summed E-state index contributed by atoms with van der Waals surface area (Å²) in [6.45, 7) is 6.60. The third-order valence-electron chi connectivity index (χ3n) is 3.15. The summed E-state index contributed by atoms with van der Waals surface area (Å²) >= 11 is 1.97. The van der Waals surface area contributed by atoms with Crippen molar-refractivity contribution in [1.82, 2.24) is 10.1 Å². The van der Waals surface area contributed by atoms with Crippen LogP contribution in [0.15, 0.2) is 9.52 Å². The Balaban J connectivity index is 0.00000180. The van der Waals surface area contributed by atoms with Gasteiger partial charge in [-0.1, -0.05) is 5.16 Å². The van der Waals surface area contributed by atoms with E-state index in [1.54, 1.807) is 0 Å². The lowest BCUT2D eigenvalue weighted by atomic mass is 10.1. The number of halogens is 1. The second-order valence-corrected chi connectivity index (χ2v) is 5.62. The molecule has 2 N–H and O–H groups in total. The number of nitrogens with zero attached hydrogens (tertiary/aromatic N) is 3. The van der Waals surface area contributed by atoms with Crippen molar-refractivity contribution in [3.8, 4) is 0 Å². The summed E-state index contributed by atoms with van der Waals surface area (Å²) in [6, 6.07) is 0. The summed E-state index contributed by atoms with van der Waals surface area (Å²) in [5.74, 6) is 3.83. The van der Waals surface area contributed by atoms with Gasteiger partial charge in [0.05, 0.1) is 5.69 Å². The highest BCUT2D eigenvalue weighted by Gasteiger charge is 2.12. The van der Waals surface area contributed by atoms with Gasteiger partial charge < -0.3 is 15.2 Å². The molecule has 0 amide bonds. The fraction of sp³-hybridized carbons (Fsp3) is 0.667. The highest BCUT2D eigenvalue weighted by Crippen LogP contribution is 2.13. The highest BCUT2D eigenvalue weighted by molar-refractivity contribution is 14.0. The van der Waals surface area contributed by atoms with Crippen LogP contribution in [0.25, 0.3) is 0 Å². The third kappa shape index (κ3) is 4.55. The molecule has 5 nitrogen and oxygen atoms in total. The minimum atomic E-state index is 0. The van der Waals surface area contributed by atoms with E-state index in [1.165, 1.54) is 0 Å². The van der Waals surface area contributed by atoms with Crippen LogP contribution in [0, 0.1) is 13.8 Å². The molecule has 1 saturated heterocycles. The second-order valence-electron chi connectivity index (χ2n) is 4.39. The van der Waals surface area contributed by atoms with Gasteiger partial charge in [0, 0.05) is 36.7 Å². The van der Waals surface area contributed by atoms with Gasteiger partial charge in [-0.2, -0.15) is 11.8 Å². The smallest absolute Gasteiger partial charge is 0.191 e. The SMILES string of the molecule is Cc1noc(C)c1CCN=C(N)N1CCSCC1.I. The largest absolute Gasteiger partial charge is 0.370 e. The van der Waals surface area contributed by atoms with E-state index >= 15 is 0 Å². The Labute approximate surface area is 135 Å². The Morgan fingerprint density at radius 3 is 2.68 bits per heavy atom. The second kappa shape index (κ2) is 7.98. The van der Waals surface area contributed by atoms with Gasteiger partial charge in [0.15, 0.2) is 5.96 Å². The predicted octanol–water partition coefficient (Wildman–Crippen LogP) is 1.82. The average Bonchev–Trinajstić information content (AvgIpc) is 2.71. The first-order valence-electron chi connectivity index (χ1n) is 6.23. The number of hydrogen-bond acceptors (Lipinski definition) is 4. The van der Waals surface area contributed by atoms with Crippen LogP contribution in [0.2, 0.25) is 0 Å². The maximum absolute atomic E-state index is 5.99. The van der Waals surface area contributed by atoms with E-state index in [9.17, 15) is 0 Å². The molecule has 0 aliphatic carbocycles. The molecule has 1 aromatic rings. The van der Waals surface area contributed by atoms with Gasteiger partial charge >= 0.3 is 0 Å². The lowest BCUT2D eigenvalue weighted by Crippen LogP contribution is -2.42. The first-order chi connectivity index (χ1) is 8.68. The number of rotatable bonds is 3. The number of aliphatic imine (C=N–C) groups is 1. The van der Waals surface area contributed by atoms with E-state index in [2.05, 4.69) is 15.0 Å². The van der Waals surface area contributed by atoms with Crippen LogP contribution in [0.1, 0.15) is 17.0 Å². The van der Waals surface area contributed by atoms with Crippen LogP contribution in [0.4, 0.5) is 0 Å². The first kappa shape index (κ1) is 16.6. The number of thioether (sulfide) groups is 1. The molecular formula is C12H21IN4OS. The normalized spacial score (nSPS) is 16.3. The Kier molecular flexibility index (Phi) is 6.98. The van der Waals surface area contributed by atoms with Crippen molar-refractivity contribution >= 4 is 41.7 Å². The quantitative estimate of drug-likeness (QED) is 0.480. The third-order valence-corrected chi connectivity index (χ3v) is 4.09. The van der Waals surface area contributed by atoms with Crippen molar-refractivity contribution in [3.05, 3.63) is 17.0 Å². The van der Waals surface area contributed by atoms with Gasteiger partial charge in [-0.25, -0.2) is 0 Å². The minimum Gasteiger partial charge on any atom is -0.370 e. The Morgan fingerprint density at radius 1 is 1.42 bits per heavy atom. The lowest BCUT2D eigenvalue weighted by Gasteiger charge is -2.27. The number of aryl methyl sites for hydroxylation is 2. The van der Waals surface area contributed by atoms with Crippen molar-refractivity contribution in [3.63, 3.8) is 0 Å². The molecule has 1 fully saturated rings. The van der Waals surface area contributed by atoms with Gasteiger partial charge in [-0.15, -0.1) is 24.0 Å². The molecule has 2 rings (SSSR count). The summed E-state index contributed by atoms with van der Waals surface area (Å²) in [4.78, 5) is 6.60. The molecule has 0 saturated carbocycles. The summed E-state index contributed by atoms with van der Waals surface area (Å²) < 4.78 is 5.13. The Bertz CT molecular complexity index is 410. The fourth-order valence-corrected chi connectivity index (χ4v) is 2.94. The van der Waals surface area contributed by atoms with Crippen molar-refractivity contribution in [2.24, 2.45) is 10.7 Å². The number of guanidine groups is 1. The number of nitrogens with two attached hydrogens (primary N) is 1. The maximum atomic E-state index is 5.99. The van der Waals surface area contributed by atoms with E-state index in [0.717, 1.165) is 48.0 Å². The van der Waals surface area contributed by atoms with Gasteiger partial charge in [-0.05, 0) is 20.3 Å². The molecule has 1 aromatic heterocycles. The molecule has 108 valence electrons. The standard InChI is InChI=1S/C12H20N4OS.HI/c1-9-11(10(2)17-15-9)3-4-14-12(13)16-5-7-18-8-6-16;/h3-8H2,1-2H3,(H2,13,14);1H. The topological polar surface area (TPSA) is 67.6 Å². The van der Waals surface area contributed by atoms with Crippen LogP contribution in [0.5, 0.6) is 0 Å². The molecule has 0 spiro atoms. The van der Waals surface area contributed by atoms with E-state index in [-0.39, 0.29) is 24.0 Å². The monoisotopic (exact) mass is 396 g/mol. The summed E-state index contributed by atoms with van der Waals surface area (Å²) in [6.07, 6.45) is 0.838. The highest BCUT2D eigenvalue weighted by atomic mass is 127. The van der Waals surface area contributed by atoms with E-state index in [1.807, 2.05) is 25.6 Å². The molecule has 2 heterocycles. The Hall–Kier alpha value is -0.440. The van der Waals surface area contributed by atoms with Gasteiger partial charge in [-0.3, -0.25) is 4.99 Å². The molecule has 0 aromatic carbocycles. The van der Waals surface area contributed by atoms with Gasteiger partial charge in [0.25, 0.3) is 0 Å². The maximum Gasteiger partial charge on any atom is 0.191 e. The van der Waals surface area contributed by atoms with E-state index in [4.69, 9.17) is 10.3 Å². The van der Waals surface area contributed by atoms with Crippen LogP contribution in [-0.4, -0.2) is 47.2 Å². The van der Waals surface area contributed by atoms with Crippen LogP contribution in [-0.2, 0) is 6.42 Å². The molecule has 7 heteroatoms. The van der Waals surface area contributed by atoms with Gasteiger partial charge in [0.2, 0.25) is 0 Å². The van der Waals surface area contributed by atoms with Crippen LogP contribution in [0.3, 0.4) is 0 Å². The van der Waals surface area contributed by atoms with Crippen molar-refractivity contribution < 1.29 is 4.52 Å². The molecule has 0 radical (unpaired) electrons. The lowest BCUT2D eigenvalue weighted by molar-refractivity contribution is 0.392. The van der Waals surface area contributed by atoms with Gasteiger partial charge in [0.1, 0.15) is 5.76 Å². The van der Waals surface area contributed by atoms with E-state index in [0.29, 0.717) is 12.5 Å². The van der Waals surface area contributed by atoms with E-state index < -0.39 is 0 Å². The average molecular weight is 396 g/mol. The predicted molar refractivity (Wildman–Crippen MR) is 90.5 cm³/mol. The van der Waals surface area contributed by atoms with Crippen molar-refractivity contribution in [1.29, 1.82) is 0 Å². The number of hydrogen-bond donors (Lipinski definition) is 1. The molecule has 0 unspecified atom stereocenters. The Morgan fingerprint density at radius 2 is 2.11 bits per heavy atom. The zero-order valence-corrected chi connectivity index (χ0v) is 14.5. The van der Waals surface area contributed by atoms with Crippen molar-refractivity contribution in [2.45, 2.75) is 20.3 Å². The molecule has 19 heavy (non-hydrogen) atoms. The van der Waals surface area contributed by atoms with Crippen LogP contribution < -0.4 is 5.73 Å². The molecule has 1 aliphatic heterocycles. The van der Waals surface area contributed by atoms with Crippen LogP contribution >= 0.6 is 35.7 Å². The van der Waals surface area contributed by atoms with Crippen molar-refractivity contribution in [2.75, 3.05) is 31.1 Å². The summed E-state index contributed by atoms with van der Waals surface area (Å²) in [7, 11) is 0. The molecule has 0 bridgehead atoms. The fourth-order valence-electron chi connectivity index (χ4n) is 2.03. The first-order valence-corrected chi connectivity index (χ1v) is 7.38.